The molecule has 0 spiro atoms. The number of rotatable bonds is 3. The zero-order valence-electron chi connectivity index (χ0n) is 10.6. The summed E-state index contributed by atoms with van der Waals surface area (Å²) in [5.74, 6) is 5.69. The lowest BCUT2D eigenvalue weighted by Crippen LogP contribution is -2.29. The lowest BCUT2D eigenvalue weighted by molar-refractivity contribution is 0.632. The summed E-state index contributed by atoms with van der Waals surface area (Å²) in [5.41, 5.74) is 4.84. The molecule has 4 nitrogen and oxygen atoms in total. The number of aromatic nitrogens is 2. The fraction of sp³-hybridized carbons (Fsp3) is 0.0667. The normalized spacial score (nSPS) is 12.5. The minimum absolute atomic E-state index is 0.121. The zero-order valence-corrected chi connectivity index (χ0v) is 12.2. The van der Waals surface area contributed by atoms with Crippen molar-refractivity contribution < 1.29 is 0 Å². The zero-order chi connectivity index (χ0) is 13.9. The molecule has 0 aliphatic rings. The molecule has 0 bridgehead atoms. The summed E-state index contributed by atoms with van der Waals surface area (Å²) >= 11 is 3.48. The standard InChI is InChI=1S/C15H13BrN4/c16-14-4-3-10-5-12(2-1-11(10)6-14)15(20-17)13-7-18-9-19-8-13/h1-9,15,20H,17H2. The molecule has 3 aromatic rings. The molecule has 0 aliphatic carbocycles. The highest BCUT2D eigenvalue weighted by molar-refractivity contribution is 9.10. The summed E-state index contributed by atoms with van der Waals surface area (Å²) in [7, 11) is 0. The monoisotopic (exact) mass is 328 g/mol. The molecule has 20 heavy (non-hydrogen) atoms. The van der Waals surface area contributed by atoms with Crippen molar-refractivity contribution >= 4 is 26.7 Å². The fourth-order valence-electron chi connectivity index (χ4n) is 2.26. The van der Waals surface area contributed by atoms with Crippen LogP contribution in [0, 0.1) is 0 Å². The maximum Gasteiger partial charge on any atom is 0.115 e. The first-order valence-corrected chi connectivity index (χ1v) is 6.97. The molecule has 0 amide bonds. The number of halogens is 1. The minimum Gasteiger partial charge on any atom is -0.271 e. The second-order valence-electron chi connectivity index (χ2n) is 4.52. The Morgan fingerprint density at radius 3 is 2.40 bits per heavy atom. The van der Waals surface area contributed by atoms with Gasteiger partial charge in [-0.05, 0) is 34.5 Å². The molecule has 2 aromatic carbocycles. The lowest BCUT2D eigenvalue weighted by atomic mass is 9.98. The highest BCUT2D eigenvalue weighted by Gasteiger charge is 2.13. The average Bonchev–Trinajstić information content (AvgIpc) is 2.49. The van der Waals surface area contributed by atoms with Gasteiger partial charge in [-0.2, -0.15) is 0 Å². The van der Waals surface area contributed by atoms with Crippen LogP contribution in [0.3, 0.4) is 0 Å². The molecule has 3 N–H and O–H groups in total. The summed E-state index contributed by atoms with van der Waals surface area (Å²) in [4.78, 5) is 8.08. The molecule has 1 atom stereocenters. The fourth-order valence-corrected chi connectivity index (χ4v) is 2.64. The van der Waals surface area contributed by atoms with Crippen LogP contribution in [0.25, 0.3) is 10.8 Å². The molecule has 0 aliphatic heterocycles. The van der Waals surface area contributed by atoms with Crippen molar-refractivity contribution in [3.8, 4) is 0 Å². The van der Waals surface area contributed by atoms with Crippen LogP contribution in [0.1, 0.15) is 17.2 Å². The summed E-state index contributed by atoms with van der Waals surface area (Å²) in [6.07, 6.45) is 5.04. The van der Waals surface area contributed by atoms with Gasteiger partial charge in [0.15, 0.2) is 0 Å². The molecule has 3 rings (SSSR count). The van der Waals surface area contributed by atoms with E-state index in [1.54, 1.807) is 12.4 Å². The van der Waals surface area contributed by atoms with Gasteiger partial charge < -0.3 is 0 Å². The summed E-state index contributed by atoms with van der Waals surface area (Å²) in [6.45, 7) is 0. The van der Waals surface area contributed by atoms with Gasteiger partial charge in [-0.25, -0.2) is 15.4 Å². The Morgan fingerprint density at radius 2 is 1.65 bits per heavy atom. The Morgan fingerprint density at radius 1 is 0.950 bits per heavy atom. The van der Waals surface area contributed by atoms with E-state index in [4.69, 9.17) is 5.84 Å². The van der Waals surface area contributed by atoms with E-state index in [9.17, 15) is 0 Å². The van der Waals surface area contributed by atoms with E-state index >= 15 is 0 Å². The number of hydrazine groups is 1. The van der Waals surface area contributed by atoms with Gasteiger partial charge in [-0.3, -0.25) is 5.84 Å². The molecule has 5 heteroatoms. The number of fused-ring (bicyclic) bond motifs is 1. The number of hydrogen-bond donors (Lipinski definition) is 2. The molecule has 1 unspecified atom stereocenters. The first-order valence-electron chi connectivity index (χ1n) is 6.18. The van der Waals surface area contributed by atoms with E-state index in [1.165, 1.54) is 17.1 Å². The topological polar surface area (TPSA) is 63.8 Å². The van der Waals surface area contributed by atoms with Crippen LogP contribution in [0.2, 0.25) is 0 Å². The summed E-state index contributed by atoms with van der Waals surface area (Å²) < 4.78 is 1.07. The van der Waals surface area contributed by atoms with E-state index in [-0.39, 0.29) is 6.04 Å². The third kappa shape index (κ3) is 2.56. The van der Waals surface area contributed by atoms with Crippen LogP contribution in [0.4, 0.5) is 0 Å². The van der Waals surface area contributed by atoms with Crippen molar-refractivity contribution in [2.45, 2.75) is 6.04 Å². The van der Waals surface area contributed by atoms with E-state index in [1.807, 2.05) is 6.07 Å². The first-order chi connectivity index (χ1) is 9.78. The SMILES string of the molecule is NNC(c1cncnc1)c1ccc2cc(Br)ccc2c1. The van der Waals surface area contributed by atoms with Gasteiger partial charge in [0.2, 0.25) is 0 Å². The van der Waals surface area contributed by atoms with Gasteiger partial charge in [0.25, 0.3) is 0 Å². The number of nitrogens with zero attached hydrogens (tertiary/aromatic N) is 2. The molecule has 100 valence electrons. The molecular formula is C15H13BrN4. The van der Waals surface area contributed by atoms with Gasteiger partial charge in [0.1, 0.15) is 6.33 Å². The molecule has 1 heterocycles. The van der Waals surface area contributed by atoms with Crippen LogP contribution in [0.5, 0.6) is 0 Å². The number of nitrogens with two attached hydrogens (primary N) is 1. The Hall–Kier alpha value is -1.82. The molecule has 0 radical (unpaired) electrons. The molecule has 1 aromatic heterocycles. The summed E-state index contributed by atoms with van der Waals surface area (Å²) in [6, 6.07) is 12.4. The molecule has 0 saturated carbocycles. The van der Waals surface area contributed by atoms with Crippen LogP contribution >= 0.6 is 15.9 Å². The van der Waals surface area contributed by atoms with Crippen LogP contribution < -0.4 is 11.3 Å². The number of nitrogens with one attached hydrogen (secondary N) is 1. The van der Waals surface area contributed by atoms with Crippen molar-refractivity contribution in [2.24, 2.45) is 5.84 Å². The van der Waals surface area contributed by atoms with Crippen LogP contribution in [0.15, 0.2) is 59.6 Å². The van der Waals surface area contributed by atoms with Gasteiger partial charge in [-0.1, -0.05) is 34.1 Å². The minimum atomic E-state index is -0.121. The van der Waals surface area contributed by atoms with E-state index in [2.05, 4.69) is 61.7 Å². The quantitative estimate of drug-likeness (QED) is 0.573. The Bertz CT molecular complexity index is 730. The van der Waals surface area contributed by atoms with E-state index in [0.29, 0.717) is 0 Å². The summed E-state index contributed by atoms with van der Waals surface area (Å²) in [5, 5.41) is 2.35. The smallest absolute Gasteiger partial charge is 0.115 e. The maximum absolute atomic E-state index is 5.69. The maximum atomic E-state index is 5.69. The van der Waals surface area contributed by atoms with Crippen molar-refractivity contribution in [3.63, 3.8) is 0 Å². The first kappa shape index (κ1) is 13.2. The van der Waals surface area contributed by atoms with Gasteiger partial charge in [-0.15, -0.1) is 0 Å². The van der Waals surface area contributed by atoms with Gasteiger partial charge >= 0.3 is 0 Å². The van der Waals surface area contributed by atoms with Crippen molar-refractivity contribution in [1.82, 2.24) is 15.4 Å². The predicted molar refractivity (Wildman–Crippen MR) is 82.8 cm³/mol. The van der Waals surface area contributed by atoms with Gasteiger partial charge in [0.05, 0.1) is 6.04 Å². The molecule has 0 saturated heterocycles. The highest BCUT2D eigenvalue weighted by atomic mass is 79.9. The third-order valence-corrected chi connectivity index (χ3v) is 3.73. The second-order valence-corrected chi connectivity index (χ2v) is 5.44. The van der Waals surface area contributed by atoms with Crippen molar-refractivity contribution in [3.05, 3.63) is 70.7 Å². The van der Waals surface area contributed by atoms with Crippen LogP contribution in [-0.4, -0.2) is 9.97 Å². The van der Waals surface area contributed by atoms with E-state index in [0.717, 1.165) is 15.6 Å². The van der Waals surface area contributed by atoms with E-state index < -0.39 is 0 Å². The third-order valence-electron chi connectivity index (χ3n) is 3.24. The van der Waals surface area contributed by atoms with Crippen molar-refractivity contribution in [1.29, 1.82) is 0 Å². The Labute approximate surface area is 125 Å². The average molecular weight is 329 g/mol. The van der Waals surface area contributed by atoms with Gasteiger partial charge in [0, 0.05) is 22.4 Å². The molecular weight excluding hydrogens is 316 g/mol. The Balaban J connectivity index is 2.06. The van der Waals surface area contributed by atoms with Crippen LogP contribution in [-0.2, 0) is 0 Å². The van der Waals surface area contributed by atoms with Crippen molar-refractivity contribution in [2.75, 3.05) is 0 Å². The lowest BCUT2D eigenvalue weighted by Gasteiger charge is -2.16. The largest absolute Gasteiger partial charge is 0.271 e. The molecule has 0 fully saturated rings. The second kappa shape index (κ2) is 5.66. The number of hydrogen-bond acceptors (Lipinski definition) is 4. The highest BCUT2D eigenvalue weighted by Crippen LogP contribution is 2.26. The Kier molecular flexibility index (Phi) is 3.73. The predicted octanol–water partition coefficient (Wildman–Crippen LogP) is 2.95. The number of benzene rings is 2.